The second-order valence-electron chi connectivity index (χ2n) is 7.06. The van der Waals surface area contributed by atoms with Gasteiger partial charge in [0.1, 0.15) is 5.58 Å². The largest absolute Gasteiger partial charge is 0.451 e. The molecule has 1 aliphatic heterocycles. The van der Waals surface area contributed by atoms with Crippen LogP contribution in [0.1, 0.15) is 10.6 Å². The van der Waals surface area contributed by atoms with Gasteiger partial charge in [0.05, 0.1) is 10.6 Å². The molecule has 1 amide bonds. The molecule has 8 heteroatoms. The zero-order chi connectivity index (χ0) is 20.4. The van der Waals surface area contributed by atoms with E-state index < -0.39 is 9.84 Å². The fourth-order valence-electron chi connectivity index (χ4n) is 3.43. The Hall–Kier alpha value is -2.35. The van der Waals surface area contributed by atoms with Crippen LogP contribution in [0.2, 0.25) is 5.02 Å². The molecule has 2 aromatic carbocycles. The van der Waals surface area contributed by atoms with Crippen molar-refractivity contribution in [1.82, 2.24) is 9.80 Å². The Balaban J connectivity index is 1.32. The highest BCUT2D eigenvalue weighted by atomic mass is 35.5. The van der Waals surface area contributed by atoms with Crippen LogP contribution in [0, 0.1) is 0 Å². The van der Waals surface area contributed by atoms with Gasteiger partial charge in [-0.25, -0.2) is 8.42 Å². The molecule has 6 nitrogen and oxygen atoms in total. The number of sulfone groups is 1. The minimum atomic E-state index is -3.36. The molecule has 0 N–H and O–H groups in total. The predicted octanol–water partition coefficient (Wildman–Crippen LogP) is 3.32. The number of benzene rings is 2. The first-order valence-corrected chi connectivity index (χ1v) is 11.4. The molecule has 4 rings (SSSR count). The van der Waals surface area contributed by atoms with Crippen molar-refractivity contribution in [1.29, 1.82) is 0 Å². The average molecular weight is 433 g/mol. The highest BCUT2D eigenvalue weighted by Crippen LogP contribution is 2.21. The number of carbonyl (C=O) groups is 1. The second kappa shape index (κ2) is 8.18. The van der Waals surface area contributed by atoms with E-state index in [0.717, 1.165) is 5.39 Å². The highest BCUT2D eigenvalue weighted by Gasteiger charge is 2.25. The number of furan rings is 1. The van der Waals surface area contributed by atoms with E-state index in [1.165, 1.54) is 12.1 Å². The summed E-state index contributed by atoms with van der Waals surface area (Å²) in [5.74, 6) is 0.242. The van der Waals surface area contributed by atoms with Crippen LogP contribution >= 0.6 is 11.6 Å². The first-order chi connectivity index (χ1) is 13.9. The monoisotopic (exact) mass is 432 g/mol. The number of hydrogen-bond acceptors (Lipinski definition) is 5. The molecule has 29 heavy (non-hydrogen) atoms. The highest BCUT2D eigenvalue weighted by molar-refractivity contribution is 7.91. The fourth-order valence-corrected chi connectivity index (χ4v) is 4.84. The van der Waals surface area contributed by atoms with Crippen molar-refractivity contribution in [2.75, 3.05) is 38.5 Å². The summed E-state index contributed by atoms with van der Waals surface area (Å²) in [5.41, 5.74) is 0.696. The summed E-state index contributed by atoms with van der Waals surface area (Å²) < 4.78 is 30.6. The van der Waals surface area contributed by atoms with Crippen molar-refractivity contribution in [3.63, 3.8) is 0 Å². The van der Waals surface area contributed by atoms with Crippen LogP contribution in [-0.2, 0) is 9.84 Å². The van der Waals surface area contributed by atoms with Gasteiger partial charge < -0.3 is 9.32 Å². The molecule has 0 spiro atoms. The van der Waals surface area contributed by atoms with E-state index in [1.807, 2.05) is 24.3 Å². The van der Waals surface area contributed by atoms with Crippen LogP contribution < -0.4 is 0 Å². The number of rotatable bonds is 5. The van der Waals surface area contributed by atoms with Gasteiger partial charge in [-0.3, -0.25) is 9.69 Å². The summed E-state index contributed by atoms with van der Waals surface area (Å²) in [6, 6.07) is 15.5. The van der Waals surface area contributed by atoms with E-state index in [1.54, 1.807) is 23.1 Å². The molecule has 0 aliphatic carbocycles. The van der Waals surface area contributed by atoms with E-state index in [-0.39, 0.29) is 16.6 Å². The van der Waals surface area contributed by atoms with Crippen LogP contribution in [-0.4, -0.2) is 62.6 Å². The summed E-state index contributed by atoms with van der Waals surface area (Å²) in [6.45, 7) is 2.76. The Bertz CT molecular complexity index is 1080. The first kappa shape index (κ1) is 19.9. The molecule has 3 aromatic rings. The Morgan fingerprint density at radius 2 is 1.69 bits per heavy atom. The van der Waals surface area contributed by atoms with Crippen LogP contribution in [0.4, 0.5) is 0 Å². The van der Waals surface area contributed by atoms with Crippen LogP contribution in [0.15, 0.2) is 63.9 Å². The third-order valence-electron chi connectivity index (χ3n) is 5.14. The second-order valence-corrected chi connectivity index (χ2v) is 9.60. The maximum Gasteiger partial charge on any atom is 0.289 e. The number of amides is 1. The lowest BCUT2D eigenvalue weighted by Gasteiger charge is -2.34. The van der Waals surface area contributed by atoms with Gasteiger partial charge in [-0.05, 0) is 36.4 Å². The maximum atomic E-state index is 12.7. The molecule has 1 saturated heterocycles. The first-order valence-electron chi connectivity index (χ1n) is 9.41. The van der Waals surface area contributed by atoms with Crippen molar-refractivity contribution >= 4 is 38.3 Å². The number of para-hydroxylation sites is 1. The molecule has 1 aromatic heterocycles. The Kier molecular flexibility index (Phi) is 5.63. The number of carbonyl (C=O) groups excluding carboxylic acids is 1. The molecule has 0 unspecified atom stereocenters. The van der Waals surface area contributed by atoms with Gasteiger partial charge >= 0.3 is 0 Å². The number of hydrogen-bond donors (Lipinski definition) is 0. The van der Waals surface area contributed by atoms with E-state index in [0.29, 0.717) is 49.1 Å². The van der Waals surface area contributed by atoms with Crippen molar-refractivity contribution < 1.29 is 17.6 Å². The number of fused-ring (bicyclic) bond motifs is 1. The van der Waals surface area contributed by atoms with Crippen molar-refractivity contribution in [2.45, 2.75) is 4.90 Å². The molecule has 1 aliphatic rings. The Morgan fingerprint density at radius 3 is 2.38 bits per heavy atom. The van der Waals surface area contributed by atoms with Crippen LogP contribution in [0.5, 0.6) is 0 Å². The molecule has 2 heterocycles. The van der Waals surface area contributed by atoms with E-state index in [2.05, 4.69) is 4.90 Å². The van der Waals surface area contributed by atoms with Gasteiger partial charge in [0.2, 0.25) is 0 Å². The maximum absolute atomic E-state index is 12.7. The third-order valence-corrected chi connectivity index (χ3v) is 7.11. The molecule has 0 atom stereocenters. The minimum Gasteiger partial charge on any atom is -0.451 e. The molecule has 0 radical (unpaired) electrons. The lowest BCUT2D eigenvalue weighted by molar-refractivity contribution is 0.0615. The van der Waals surface area contributed by atoms with Gasteiger partial charge in [-0.1, -0.05) is 29.8 Å². The zero-order valence-electron chi connectivity index (χ0n) is 15.8. The van der Waals surface area contributed by atoms with Crippen molar-refractivity contribution in [2.24, 2.45) is 0 Å². The van der Waals surface area contributed by atoms with Crippen molar-refractivity contribution in [3.05, 3.63) is 65.4 Å². The smallest absolute Gasteiger partial charge is 0.289 e. The van der Waals surface area contributed by atoms with E-state index in [9.17, 15) is 13.2 Å². The van der Waals surface area contributed by atoms with Gasteiger partial charge in [-0.2, -0.15) is 0 Å². The molecular formula is C21H21ClN2O4S. The van der Waals surface area contributed by atoms with Gasteiger partial charge in [-0.15, -0.1) is 0 Å². The third kappa shape index (κ3) is 4.47. The van der Waals surface area contributed by atoms with Gasteiger partial charge in [0, 0.05) is 43.1 Å². The number of nitrogens with zero attached hydrogens (tertiary/aromatic N) is 2. The van der Waals surface area contributed by atoms with Crippen molar-refractivity contribution in [3.8, 4) is 0 Å². The fraction of sp³-hybridized carbons (Fsp3) is 0.286. The van der Waals surface area contributed by atoms with E-state index in [4.69, 9.17) is 16.0 Å². The molecule has 0 saturated carbocycles. The molecule has 152 valence electrons. The predicted molar refractivity (Wildman–Crippen MR) is 112 cm³/mol. The van der Waals surface area contributed by atoms with Gasteiger partial charge in [0.15, 0.2) is 15.6 Å². The number of piperazine rings is 1. The van der Waals surface area contributed by atoms with Crippen LogP contribution in [0.25, 0.3) is 11.0 Å². The van der Waals surface area contributed by atoms with E-state index >= 15 is 0 Å². The van der Waals surface area contributed by atoms with Crippen LogP contribution in [0.3, 0.4) is 0 Å². The Labute approximate surface area is 174 Å². The number of halogens is 1. The summed E-state index contributed by atoms with van der Waals surface area (Å²) in [7, 11) is -3.36. The van der Waals surface area contributed by atoms with Gasteiger partial charge in [0.25, 0.3) is 5.91 Å². The quantitative estimate of drug-likeness (QED) is 0.618. The molecular weight excluding hydrogens is 412 g/mol. The minimum absolute atomic E-state index is 0.0339. The normalized spacial score (nSPS) is 15.7. The molecule has 1 fully saturated rings. The molecule has 0 bridgehead atoms. The zero-order valence-corrected chi connectivity index (χ0v) is 17.3. The lowest BCUT2D eigenvalue weighted by atomic mass is 10.2. The summed E-state index contributed by atoms with van der Waals surface area (Å²) in [5, 5.41) is 1.41. The topological polar surface area (TPSA) is 70.8 Å². The lowest BCUT2D eigenvalue weighted by Crippen LogP contribution is -2.49. The Morgan fingerprint density at radius 1 is 1.00 bits per heavy atom. The standard InChI is InChI=1S/C21H21ClN2O4S/c22-17-5-7-18(8-6-17)29(26,27)14-13-23-9-11-24(12-10-23)21(25)20-15-16-3-1-2-4-19(16)28-20/h1-8,15H,9-14H2. The summed E-state index contributed by atoms with van der Waals surface area (Å²) >= 11 is 5.83. The SMILES string of the molecule is O=C(c1cc2ccccc2o1)N1CCN(CCS(=O)(=O)c2ccc(Cl)cc2)CC1. The summed E-state index contributed by atoms with van der Waals surface area (Å²) in [6.07, 6.45) is 0. The average Bonchev–Trinajstić information content (AvgIpc) is 3.17. The summed E-state index contributed by atoms with van der Waals surface area (Å²) in [4.78, 5) is 16.8.